The van der Waals surface area contributed by atoms with Gasteiger partial charge in [0.25, 0.3) is 0 Å². The van der Waals surface area contributed by atoms with Gasteiger partial charge in [-0.25, -0.2) is 4.21 Å². The second-order valence-electron chi connectivity index (χ2n) is 1.56. The van der Waals surface area contributed by atoms with Crippen molar-refractivity contribution in [3.8, 4) is 0 Å². The minimum absolute atomic E-state index is 0. The number of carbonyl (C=O) groups is 2. The molecule has 3 N–H and O–H groups in total. The van der Waals surface area contributed by atoms with Gasteiger partial charge in [-0.2, -0.15) is 0 Å². The van der Waals surface area contributed by atoms with E-state index in [9.17, 15) is 9.59 Å². The van der Waals surface area contributed by atoms with E-state index in [-0.39, 0.29) is 41.8 Å². The van der Waals surface area contributed by atoms with Crippen LogP contribution in [0.5, 0.6) is 0 Å². The van der Waals surface area contributed by atoms with E-state index in [1.165, 1.54) is 6.92 Å². The molecule has 0 aromatic rings. The van der Waals surface area contributed by atoms with Crippen LogP contribution in [0.4, 0.5) is 0 Å². The summed E-state index contributed by atoms with van der Waals surface area (Å²) < 4.78 is 24.1. The van der Waals surface area contributed by atoms with E-state index in [0.29, 0.717) is 0 Å². The van der Waals surface area contributed by atoms with Crippen LogP contribution in [0.25, 0.3) is 0 Å². The second-order valence-corrected chi connectivity index (χ2v) is 2.00. The van der Waals surface area contributed by atoms with E-state index in [0.717, 1.165) is 0 Å². The zero-order valence-corrected chi connectivity index (χ0v) is 9.59. The normalized spacial score (nSPS) is 9.92. The van der Waals surface area contributed by atoms with Crippen molar-refractivity contribution < 1.29 is 52.5 Å². The van der Waals surface area contributed by atoms with Gasteiger partial charge >= 0.3 is 29.6 Å². The van der Waals surface area contributed by atoms with Gasteiger partial charge in [0.05, 0.1) is 17.8 Å². The minimum atomic E-state index is -2.86. The van der Waals surface area contributed by atoms with Gasteiger partial charge in [-0.3, -0.25) is 9.59 Å². The summed E-state index contributed by atoms with van der Waals surface area (Å²) in [4.78, 5) is 19.8. The number of rotatable bonds is 2. The number of carbonyl (C=O) groups excluding carboxylic acids is 2. The minimum Gasteiger partial charge on any atom is -0.750 e. The summed E-state index contributed by atoms with van der Waals surface area (Å²) in [5.41, 5.74) is 4.63. The summed E-state index contributed by atoms with van der Waals surface area (Å²) >= 11 is -2.86. The molecule has 8 heteroatoms. The topological polar surface area (TPSA) is 121 Å². The number of Topliss-reactive ketones (excluding diaryl/α,β-unsaturated/α-hetero) is 1. The Hall–Kier alpha value is 0.210. The van der Waals surface area contributed by atoms with Crippen LogP contribution in [0.3, 0.4) is 0 Å². The monoisotopic (exact) mass is 205 g/mol. The van der Waals surface area contributed by atoms with Crippen molar-refractivity contribution in [2.45, 2.75) is 13.3 Å². The molecular formula is C4H8NNaO5S. The van der Waals surface area contributed by atoms with E-state index in [1.807, 2.05) is 0 Å². The first-order valence-corrected chi connectivity index (χ1v) is 3.45. The number of ketones is 1. The van der Waals surface area contributed by atoms with Crippen molar-refractivity contribution in [1.82, 2.24) is 0 Å². The largest absolute Gasteiger partial charge is 1.00 e. The molecule has 1 unspecified atom stereocenters. The Morgan fingerprint density at radius 1 is 1.58 bits per heavy atom. The van der Waals surface area contributed by atoms with Crippen molar-refractivity contribution in [3.05, 3.63) is 0 Å². The van der Waals surface area contributed by atoms with E-state index in [2.05, 4.69) is 5.73 Å². The molecule has 0 aliphatic rings. The molecule has 0 aliphatic heterocycles. The number of hydrogen-bond donors (Lipinski definition) is 2. The number of primary amides is 1. The first-order valence-electron chi connectivity index (χ1n) is 2.42. The fourth-order valence-corrected chi connectivity index (χ4v) is 0.245. The van der Waals surface area contributed by atoms with Crippen LogP contribution >= 0.6 is 0 Å². The van der Waals surface area contributed by atoms with Gasteiger partial charge in [0, 0.05) is 0 Å². The van der Waals surface area contributed by atoms with Crippen LogP contribution in [0.2, 0.25) is 0 Å². The maximum atomic E-state index is 9.95. The Morgan fingerprint density at radius 3 is 1.83 bits per heavy atom. The summed E-state index contributed by atoms with van der Waals surface area (Å²) in [5, 5.41) is 0. The Kier molecular flexibility index (Phi) is 16.9. The van der Waals surface area contributed by atoms with Crippen molar-refractivity contribution in [2.24, 2.45) is 5.73 Å². The SMILES string of the molecule is CC(=O)CC(N)=O.O=S([O-])O.[Na+]. The zero-order valence-electron chi connectivity index (χ0n) is 6.77. The van der Waals surface area contributed by atoms with E-state index in [4.69, 9.17) is 13.3 Å². The molecule has 12 heavy (non-hydrogen) atoms. The molecule has 0 saturated heterocycles. The Bertz CT molecular complexity index is 157. The summed E-state index contributed by atoms with van der Waals surface area (Å²) in [7, 11) is 0. The van der Waals surface area contributed by atoms with E-state index in [1.54, 1.807) is 0 Å². The quantitative estimate of drug-likeness (QED) is 0.269. The van der Waals surface area contributed by atoms with E-state index >= 15 is 0 Å². The molecule has 0 heterocycles. The molecule has 0 spiro atoms. The van der Waals surface area contributed by atoms with Crippen LogP contribution in [-0.4, -0.2) is 25.0 Å². The van der Waals surface area contributed by atoms with Crippen LogP contribution < -0.4 is 35.3 Å². The fourth-order valence-electron chi connectivity index (χ4n) is 0.245. The molecule has 66 valence electrons. The maximum Gasteiger partial charge on any atom is 1.00 e. The van der Waals surface area contributed by atoms with Crippen LogP contribution in [0.1, 0.15) is 13.3 Å². The average molecular weight is 205 g/mol. The van der Waals surface area contributed by atoms with Gasteiger partial charge < -0.3 is 14.8 Å². The summed E-state index contributed by atoms with van der Waals surface area (Å²) in [6.45, 7) is 1.32. The van der Waals surface area contributed by atoms with Crippen molar-refractivity contribution in [3.63, 3.8) is 0 Å². The van der Waals surface area contributed by atoms with Gasteiger partial charge in [-0.1, -0.05) is 0 Å². The van der Waals surface area contributed by atoms with Crippen LogP contribution in [-0.2, 0) is 21.0 Å². The van der Waals surface area contributed by atoms with Crippen LogP contribution in [0, 0.1) is 0 Å². The molecule has 0 rings (SSSR count). The number of nitrogens with two attached hydrogens (primary N) is 1. The van der Waals surface area contributed by atoms with Gasteiger partial charge in [0.15, 0.2) is 0 Å². The molecule has 6 nitrogen and oxygen atoms in total. The first-order chi connectivity index (χ1) is 4.86. The first kappa shape index (κ1) is 18.1. The zero-order chi connectivity index (χ0) is 9.44. The fraction of sp³-hybridized carbons (Fsp3) is 0.500. The molecule has 1 amide bonds. The van der Waals surface area contributed by atoms with Gasteiger partial charge in [0.2, 0.25) is 5.91 Å². The predicted molar refractivity (Wildman–Crippen MR) is 36.0 cm³/mol. The third-order valence-corrected chi connectivity index (χ3v) is 0.423. The molecule has 0 radical (unpaired) electrons. The van der Waals surface area contributed by atoms with Gasteiger partial charge in [0.1, 0.15) is 5.78 Å². The summed E-state index contributed by atoms with van der Waals surface area (Å²) in [6.07, 6.45) is -0.139. The number of amides is 1. The van der Waals surface area contributed by atoms with Gasteiger partial charge in [-0.05, 0) is 6.92 Å². The third kappa shape index (κ3) is 48.9. The number of hydrogen-bond acceptors (Lipinski definition) is 4. The Morgan fingerprint density at radius 2 is 1.83 bits per heavy atom. The molecule has 0 aromatic heterocycles. The molecule has 0 saturated carbocycles. The molecule has 1 atom stereocenters. The molecular weight excluding hydrogens is 197 g/mol. The van der Waals surface area contributed by atoms with Gasteiger partial charge in [-0.15, -0.1) is 0 Å². The molecule has 0 bridgehead atoms. The Labute approximate surface area is 94.3 Å². The van der Waals surface area contributed by atoms with Crippen LogP contribution in [0.15, 0.2) is 0 Å². The summed E-state index contributed by atoms with van der Waals surface area (Å²) in [5.74, 6) is -0.750. The average Bonchev–Trinajstić information content (AvgIpc) is 1.56. The third-order valence-electron chi connectivity index (χ3n) is 0.423. The molecule has 0 aromatic carbocycles. The van der Waals surface area contributed by atoms with E-state index < -0.39 is 17.3 Å². The van der Waals surface area contributed by atoms with Crippen molar-refractivity contribution >= 4 is 23.1 Å². The molecule has 0 aliphatic carbocycles. The smallest absolute Gasteiger partial charge is 0.750 e. The maximum absolute atomic E-state index is 9.95. The van der Waals surface area contributed by atoms with Crippen molar-refractivity contribution in [1.29, 1.82) is 0 Å². The predicted octanol–water partition coefficient (Wildman–Crippen LogP) is -4.21. The second kappa shape index (κ2) is 11.2. The van der Waals surface area contributed by atoms with Crippen molar-refractivity contribution in [2.75, 3.05) is 0 Å². The Balaban J connectivity index is -0.000000142. The summed E-state index contributed by atoms with van der Waals surface area (Å²) in [6, 6.07) is 0. The molecule has 0 fully saturated rings. The standard InChI is InChI=1S/C4H7NO2.Na.H2O3S/c1-3(6)2-4(5)7;;1-4(2)3/h2H2,1H3,(H2,5,7);;(H2,1,2,3)/q;+1;/p-1.